The topological polar surface area (TPSA) is 59.8 Å². The van der Waals surface area contributed by atoms with Crippen LogP contribution in [0.2, 0.25) is 0 Å². The van der Waals surface area contributed by atoms with Crippen molar-refractivity contribution in [3.05, 3.63) is 36.2 Å². The molecule has 1 aromatic carbocycles. The molecule has 0 aliphatic heterocycles. The number of carbonyl (C=O) groups is 1. The number of nitrogens with zero attached hydrogens (tertiary/aromatic N) is 3. The summed E-state index contributed by atoms with van der Waals surface area (Å²) in [6.45, 7) is 4.26. The van der Waals surface area contributed by atoms with Gasteiger partial charge in [0.1, 0.15) is 6.33 Å². The molecule has 5 nitrogen and oxygen atoms in total. The van der Waals surface area contributed by atoms with Crippen molar-refractivity contribution >= 4 is 23.4 Å². The van der Waals surface area contributed by atoms with E-state index in [0.29, 0.717) is 11.7 Å². The van der Waals surface area contributed by atoms with Gasteiger partial charge < -0.3 is 9.88 Å². The lowest BCUT2D eigenvalue weighted by Gasteiger charge is -2.09. The summed E-state index contributed by atoms with van der Waals surface area (Å²) < 4.78 is 1.79. The first kappa shape index (κ1) is 14.6. The number of hydrogen-bond donors (Lipinski definition) is 1. The maximum atomic E-state index is 11.9. The van der Waals surface area contributed by atoms with Crippen molar-refractivity contribution < 1.29 is 4.79 Å². The van der Waals surface area contributed by atoms with Crippen LogP contribution in [0, 0.1) is 0 Å². The van der Waals surface area contributed by atoms with Gasteiger partial charge in [0.15, 0.2) is 5.16 Å². The minimum Gasteiger partial charge on any atom is -0.325 e. The van der Waals surface area contributed by atoms with Gasteiger partial charge in [-0.25, -0.2) is 0 Å². The fourth-order valence-electron chi connectivity index (χ4n) is 1.71. The van der Waals surface area contributed by atoms with Crippen LogP contribution < -0.4 is 5.32 Å². The first-order chi connectivity index (χ1) is 9.56. The third kappa shape index (κ3) is 3.84. The summed E-state index contributed by atoms with van der Waals surface area (Å²) in [5.74, 6) is 0.720. The summed E-state index contributed by atoms with van der Waals surface area (Å²) in [5, 5.41) is 11.3. The molecule has 0 saturated heterocycles. The van der Waals surface area contributed by atoms with Crippen LogP contribution in [-0.2, 0) is 11.8 Å². The van der Waals surface area contributed by atoms with E-state index in [1.807, 2.05) is 25.2 Å². The number of aromatic nitrogens is 3. The van der Waals surface area contributed by atoms with Crippen LogP contribution in [0.1, 0.15) is 25.3 Å². The average Bonchev–Trinajstić information content (AvgIpc) is 2.82. The molecule has 0 unspecified atom stereocenters. The standard InChI is InChI=1S/C14H18N4OS/c1-10(2)11-5-4-6-12(7-11)16-13(19)8-20-14-17-15-9-18(14)3/h4-7,9-10H,8H2,1-3H3,(H,16,19). The number of amides is 1. The number of rotatable bonds is 5. The second-order valence-corrected chi connectivity index (χ2v) is 5.78. The van der Waals surface area contributed by atoms with Gasteiger partial charge in [-0.05, 0) is 23.6 Å². The zero-order valence-corrected chi connectivity index (χ0v) is 12.6. The second kappa shape index (κ2) is 6.56. The predicted octanol–water partition coefficient (Wildman–Crippen LogP) is 2.67. The van der Waals surface area contributed by atoms with Gasteiger partial charge in [-0.15, -0.1) is 10.2 Å². The van der Waals surface area contributed by atoms with Crippen LogP contribution in [-0.4, -0.2) is 26.4 Å². The molecule has 1 heterocycles. The molecule has 0 aliphatic carbocycles. The number of aryl methyl sites for hydroxylation is 1. The Morgan fingerprint density at radius 2 is 2.25 bits per heavy atom. The average molecular weight is 290 g/mol. The molecule has 1 amide bonds. The molecule has 0 radical (unpaired) electrons. The van der Waals surface area contributed by atoms with E-state index in [2.05, 4.69) is 35.4 Å². The third-order valence-electron chi connectivity index (χ3n) is 2.84. The van der Waals surface area contributed by atoms with Crippen LogP contribution in [0.3, 0.4) is 0 Å². The van der Waals surface area contributed by atoms with Crippen LogP contribution in [0.5, 0.6) is 0 Å². The monoisotopic (exact) mass is 290 g/mol. The second-order valence-electron chi connectivity index (χ2n) is 4.84. The quantitative estimate of drug-likeness (QED) is 0.860. The molecule has 1 N–H and O–H groups in total. The minimum absolute atomic E-state index is 0.0427. The molecule has 0 fully saturated rings. The number of anilines is 1. The maximum absolute atomic E-state index is 11.9. The zero-order valence-electron chi connectivity index (χ0n) is 11.8. The van der Waals surface area contributed by atoms with Gasteiger partial charge in [0.2, 0.25) is 5.91 Å². The van der Waals surface area contributed by atoms with Crippen molar-refractivity contribution in [3.8, 4) is 0 Å². The Morgan fingerprint density at radius 1 is 1.45 bits per heavy atom. The van der Waals surface area contributed by atoms with Crippen LogP contribution in [0.15, 0.2) is 35.7 Å². The molecule has 0 aliphatic rings. The van der Waals surface area contributed by atoms with Gasteiger partial charge in [0.25, 0.3) is 0 Å². The number of benzene rings is 1. The highest BCUT2D eigenvalue weighted by Gasteiger charge is 2.08. The predicted molar refractivity (Wildman–Crippen MR) is 80.9 cm³/mol. The highest BCUT2D eigenvalue weighted by Crippen LogP contribution is 2.19. The summed E-state index contributed by atoms with van der Waals surface area (Å²) in [5.41, 5.74) is 2.04. The van der Waals surface area contributed by atoms with E-state index < -0.39 is 0 Å². The molecule has 0 saturated carbocycles. The van der Waals surface area contributed by atoms with Gasteiger partial charge in [-0.1, -0.05) is 37.7 Å². The van der Waals surface area contributed by atoms with E-state index in [1.165, 1.54) is 17.3 Å². The van der Waals surface area contributed by atoms with Crippen LogP contribution in [0.4, 0.5) is 5.69 Å². The smallest absolute Gasteiger partial charge is 0.234 e. The number of nitrogens with one attached hydrogen (secondary N) is 1. The van der Waals surface area contributed by atoms with E-state index in [0.717, 1.165) is 10.8 Å². The Bertz CT molecular complexity index is 594. The number of carbonyl (C=O) groups excluding carboxylic acids is 1. The molecule has 20 heavy (non-hydrogen) atoms. The number of hydrogen-bond acceptors (Lipinski definition) is 4. The molecule has 1 aromatic heterocycles. The lowest BCUT2D eigenvalue weighted by Crippen LogP contribution is -2.14. The minimum atomic E-state index is -0.0427. The first-order valence-electron chi connectivity index (χ1n) is 6.43. The summed E-state index contributed by atoms with van der Waals surface area (Å²) in [6.07, 6.45) is 1.62. The molecular weight excluding hydrogens is 272 g/mol. The Morgan fingerprint density at radius 3 is 2.90 bits per heavy atom. The Hall–Kier alpha value is -1.82. The summed E-state index contributed by atoms with van der Waals surface area (Å²) >= 11 is 1.37. The van der Waals surface area contributed by atoms with E-state index >= 15 is 0 Å². The summed E-state index contributed by atoms with van der Waals surface area (Å²) in [6, 6.07) is 7.93. The highest BCUT2D eigenvalue weighted by molar-refractivity contribution is 7.99. The molecule has 0 atom stereocenters. The normalized spacial score (nSPS) is 10.8. The van der Waals surface area contributed by atoms with Crippen molar-refractivity contribution in [2.24, 2.45) is 7.05 Å². The highest BCUT2D eigenvalue weighted by atomic mass is 32.2. The SMILES string of the molecule is CC(C)c1cccc(NC(=O)CSc2nncn2C)c1. The van der Waals surface area contributed by atoms with Gasteiger partial charge in [-0.2, -0.15) is 0 Å². The Labute approximate surface area is 122 Å². The van der Waals surface area contributed by atoms with Gasteiger partial charge in [0.05, 0.1) is 5.75 Å². The Balaban J connectivity index is 1.91. The first-order valence-corrected chi connectivity index (χ1v) is 7.41. The fourth-order valence-corrected chi connectivity index (χ4v) is 2.39. The molecule has 0 spiro atoms. The lowest BCUT2D eigenvalue weighted by atomic mass is 10.0. The molecule has 106 valence electrons. The summed E-state index contributed by atoms with van der Waals surface area (Å²) in [4.78, 5) is 11.9. The van der Waals surface area contributed by atoms with Gasteiger partial charge in [-0.3, -0.25) is 4.79 Å². The van der Waals surface area contributed by atoms with E-state index in [9.17, 15) is 4.79 Å². The third-order valence-corrected chi connectivity index (χ3v) is 3.87. The van der Waals surface area contributed by atoms with Crippen LogP contribution in [0.25, 0.3) is 0 Å². The molecule has 0 bridgehead atoms. The van der Waals surface area contributed by atoms with Crippen LogP contribution >= 0.6 is 11.8 Å². The molecule has 2 rings (SSSR count). The van der Waals surface area contributed by atoms with Crippen molar-refractivity contribution in [2.75, 3.05) is 11.1 Å². The fraction of sp³-hybridized carbons (Fsp3) is 0.357. The Kier molecular flexibility index (Phi) is 4.79. The van der Waals surface area contributed by atoms with E-state index in [1.54, 1.807) is 10.9 Å². The van der Waals surface area contributed by atoms with Crippen molar-refractivity contribution in [1.29, 1.82) is 0 Å². The van der Waals surface area contributed by atoms with E-state index in [-0.39, 0.29) is 5.91 Å². The lowest BCUT2D eigenvalue weighted by molar-refractivity contribution is -0.113. The number of thioether (sulfide) groups is 1. The van der Waals surface area contributed by atoms with E-state index in [4.69, 9.17) is 0 Å². The van der Waals surface area contributed by atoms with Crippen molar-refractivity contribution in [3.63, 3.8) is 0 Å². The van der Waals surface area contributed by atoms with Gasteiger partial charge in [0, 0.05) is 12.7 Å². The summed E-state index contributed by atoms with van der Waals surface area (Å²) in [7, 11) is 1.85. The molecule has 6 heteroatoms. The van der Waals surface area contributed by atoms with Crippen molar-refractivity contribution in [2.45, 2.75) is 24.9 Å². The van der Waals surface area contributed by atoms with Gasteiger partial charge >= 0.3 is 0 Å². The largest absolute Gasteiger partial charge is 0.325 e. The molecule has 2 aromatic rings. The van der Waals surface area contributed by atoms with Crippen molar-refractivity contribution in [1.82, 2.24) is 14.8 Å². The zero-order chi connectivity index (χ0) is 14.5. The molecular formula is C14H18N4OS. The maximum Gasteiger partial charge on any atom is 0.234 e.